The molecule has 0 aliphatic heterocycles. The predicted molar refractivity (Wildman–Crippen MR) is 76.7 cm³/mol. The molecule has 1 heterocycles. The van der Waals surface area contributed by atoms with Crippen LogP contribution in [-0.2, 0) is 0 Å². The fraction of sp³-hybridized carbons (Fsp3) is 0.0833. The third-order valence-electron chi connectivity index (χ3n) is 2.30. The minimum absolute atomic E-state index is 0.0653. The molecule has 1 nitrogen and oxygen atoms in total. The Morgan fingerprint density at radius 2 is 2.00 bits per heavy atom. The summed E-state index contributed by atoms with van der Waals surface area (Å²) in [7, 11) is 0. The van der Waals surface area contributed by atoms with Gasteiger partial charge in [0.25, 0.3) is 0 Å². The zero-order valence-electron chi connectivity index (χ0n) is 8.76. The monoisotopic (exact) mass is 348 g/mol. The average molecular weight is 350 g/mol. The molecule has 1 aromatic carbocycles. The van der Waals surface area contributed by atoms with Gasteiger partial charge in [0.15, 0.2) is 0 Å². The van der Waals surface area contributed by atoms with Gasteiger partial charge < -0.3 is 0 Å². The van der Waals surface area contributed by atoms with Crippen molar-refractivity contribution in [3.8, 4) is 0 Å². The summed E-state index contributed by atoms with van der Waals surface area (Å²) >= 11 is 16.4. The summed E-state index contributed by atoms with van der Waals surface area (Å²) in [6.07, 6.45) is 0. The van der Waals surface area contributed by atoms with Crippen LogP contribution in [0.4, 0.5) is 0 Å². The summed E-state index contributed by atoms with van der Waals surface area (Å²) in [6.45, 7) is 1.90. The second kappa shape index (κ2) is 5.11. The topological polar surface area (TPSA) is 17.1 Å². The zero-order valence-corrected chi connectivity index (χ0v) is 12.7. The molecule has 5 heteroatoms. The van der Waals surface area contributed by atoms with E-state index in [2.05, 4.69) is 15.9 Å². The second-order valence-corrected chi connectivity index (χ2v) is 6.44. The molecule has 0 unspecified atom stereocenters. The molecular formula is C12H7BrCl2OS. The molecule has 0 amide bonds. The Bertz CT molecular complexity index is 573. The van der Waals surface area contributed by atoms with E-state index in [1.165, 1.54) is 11.3 Å². The molecule has 1 aromatic heterocycles. The lowest BCUT2D eigenvalue weighted by Gasteiger charge is -2.01. The van der Waals surface area contributed by atoms with Crippen LogP contribution < -0.4 is 0 Å². The van der Waals surface area contributed by atoms with Crippen molar-refractivity contribution >= 4 is 56.3 Å². The molecule has 0 radical (unpaired) electrons. The number of rotatable bonds is 2. The van der Waals surface area contributed by atoms with Crippen LogP contribution in [0.25, 0.3) is 0 Å². The molecule has 2 rings (SSSR count). The molecule has 17 heavy (non-hydrogen) atoms. The van der Waals surface area contributed by atoms with Gasteiger partial charge in [-0.2, -0.15) is 0 Å². The van der Waals surface area contributed by atoms with Crippen molar-refractivity contribution in [1.29, 1.82) is 0 Å². The van der Waals surface area contributed by atoms with Gasteiger partial charge >= 0.3 is 0 Å². The zero-order chi connectivity index (χ0) is 12.6. The lowest BCUT2D eigenvalue weighted by Crippen LogP contribution is -1.98. The average Bonchev–Trinajstić information content (AvgIpc) is 2.62. The van der Waals surface area contributed by atoms with Crippen molar-refractivity contribution in [2.75, 3.05) is 0 Å². The number of thiophene rings is 1. The molecule has 0 spiro atoms. The minimum atomic E-state index is -0.0653. The van der Waals surface area contributed by atoms with Crippen LogP contribution in [0.3, 0.4) is 0 Å². The summed E-state index contributed by atoms with van der Waals surface area (Å²) in [6, 6.07) is 7.01. The molecular weight excluding hydrogens is 343 g/mol. The smallest absolute Gasteiger partial charge is 0.203 e. The van der Waals surface area contributed by atoms with Crippen LogP contribution >= 0.6 is 50.5 Å². The van der Waals surface area contributed by atoms with E-state index in [9.17, 15) is 4.79 Å². The maximum absolute atomic E-state index is 12.1. The van der Waals surface area contributed by atoms with E-state index >= 15 is 0 Å². The van der Waals surface area contributed by atoms with E-state index in [0.29, 0.717) is 19.8 Å². The molecule has 0 aliphatic carbocycles. The van der Waals surface area contributed by atoms with Crippen molar-refractivity contribution in [2.45, 2.75) is 6.92 Å². The summed E-state index contributed by atoms with van der Waals surface area (Å²) < 4.78 is 1.32. The molecule has 0 bridgehead atoms. The van der Waals surface area contributed by atoms with E-state index in [-0.39, 0.29) is 5.78 Å². The van der Waals surface area contributed by atoms with Gasteiger partial charge in [-0.25, -0.2) is 0 Å². The normalized spacial score (nSPS) is 10.6. The SMILES string of the molecule is Cc1ccc(C(=O)c2cc(Br)c(Cl)s2)cc1Cl. The van der Waals surface area contributed by atoms with Gasteiger partial charge in [0.1, 0.15) is 4.34 Å². The van der Waals surface area contributed by atoms with Crippen LogP contribution in [0.2, 0.25) is 9.36 Å². The molecule has 0 atom stereocenters. The van der Waals surface area contributed by atoms with Gasteiger partial charge in [0.2, 0.25) is 5.78 Å². The highest BCUT2D eigenvalue weighted by atomic mass is 79.9. The molecule has 88 valence electrons. The lowest BCUT2D eigenvalue weighted by molar-refractivity contribution is 0.104. The Balaban J connectivity index is 2.40. The number of aryl methyl sites for hydroxylation is 1. The van der Waals surface area contributed by atoms with Crippen LogP contribution in [0, 0.1) is 6.92 Å². The third-order valence-corrected chi connectivity index (χ3v) is 5.18. The molecule has 0 N–H and O–H groups in total. The van der Waals surface area contributed by atoms with Gasteiger partial charge in [0, 0.05) is 15.1 Å². The van der Waals surface area contributed by atoms with Crippen molar-refractivity contribution < 1.29 is 4.79 Å². The number of carbonyl (C=O) groups is 1. The molecule has 0 saturated heterocycles. The minimum Gasteiger partial charge on any atom is -0.288 e. The first-order valence-electron chi connectivity index (χ1n) is 4.74. The van der Waals surface area contributed by atoms with Crippen LogP contribution in [0.15, 0.2) is 28.7 Å². The number of ketones is 1. The number of hydrogen-bond acceptors (Lipinski definition) is 2. The quantitative estimate of drug-likeness (QED) is 0.667. The molecule has 2 aromatic rings. The first-order valence-corrected chi connectivity index (χ1v) is 7.11. The van der Waals surface area contributed by atoms with Gasteiger partial charge in [-0.1, -0.05) is 35.3 Å². The first kappa shape index (κ1) is 13.1. The van der Waals surface area contributed by atoms with E-state index in [4.69, 9.17) is 23.2 Å². The highest BCUT2D eigenvalue weighted by molar-refractivity contribution is 9.10. The van der Waals surface area contributed by atoms with Crippen molar-refractivity contribution in [2.24, 2.45) is 0 Å². The van der Waals surface area contributed by atoms with Gasteiger partial charge in [-0.3, -0.25) is 4.79 Å². The van der Waals surface area contributed by atoms with E-state index in [0.717, 1.165) is 10.0 Å². The Hall–Kier alpha value is -0.350. The summed E-state index contributed by atoms with van der Waals surface area (Å²) in [5.41, 5.74) is 1.53. The van der Waals surface area contributed by atoms with Crippen molar-refractivity contribution in [1.82, 2.24) is 0 Å². The van der Waals surface area contributed by atoms with Crippen LogP contribution in [-0.4, -0.2) is 5.78 Å². The standard InChI is InChI=1S/C12H7BrCl2OS/c1-6-2-3-7(4-9(6)14)11(16)10-5-8(13)12(15)17-10/h2-5H,1H3. The molecule has 0 aliphatic rings. The Labute approximate surface area is 121 Å². The number of hydrogen-bond donors (Lipinski definition) is 0. The Morgan fingerprint density at radius 3 is 2.53 bits per heavy atom. The van der Waals surface area contributed by atoms with Gasteiger partial charge in [-0.15, -0.1) is 11.3 Å². The largest absolute Gasteiger partial charge is 0.288 e. The van der Waals surface area contributed by atoms with E-state index in [1.807, 2.05) is 13.0 Å². The molecule has 0 fully saturated rings. The summed E-state index contributed by atoms with van der Waals surface area (Å²) in [4.78, 5) is 12.7. The number of carbonyl (C=O) groups excluding carboxylic acids is 1. The number of benzene rings is 1. The highest BCUT2D eigenvalue weighted by Crippen LogP contribution is 2.33. The lowest BCUT2D eigenvalue weighted by atomic mass is 10.1. The van der Waals surface area contributed by atoms with Gasteiger partial charge in [-0.05, 0) is 40.5 Å². The second-order valence-electron chi connectivity index (χ2n) is 3.53. The van der Waals surface area contributed by atoms with E-state index < -0.39 is 0 Å². The summed E-state index contributed by atoms with van der Waals surface area (Å²) in [5.74, 6) is -0.0653. The Morgan fingerprint density at radius 1 is 1.29 bits per heavy atom. The molecule has 0 saturated carbocycles. The first-order chi connectivity index (χ1) is 7.99. The fourth-order valence-electron chi connectivity index (χ4n) is 1.33. The van der Waals surface area contributed by atoms with E-state index in [1.54, 1.807) is 18.2 Å². The number of halogens is 3. The third kappa shape index (κ3) is 2.74. The van der Waals surface area contributed by atoms with Crippen LogP contribution in [0.1, 0.15) is 20.8 Å². The maximum Gasteiger partial charge on any atom is 0.203 e. The predicted octanol–water partition coefficient (Wildman–Crippen LogP) is 5.36. The Kier molecular flexibility index (Phi) is 3.93. The van der Waals surface area contributed by atoms with Crippen LogP contribution in [0.5, 0.6) is 0 Å². The highest BCUT2D eigenvalue weighted by Gasteiger charge is 2.15. The van der Waals surface area contributed by atoms with Crippen molar-refractivity contribution in [3.05, 3.63) is 54.1 Å². The maximum atomic E-state index is 12.1. The fourth-order valence-corrected chi connectivity index (χ4v) is 3.18. The van der Waals surface area contributed by atoms with Gasteiger partial charge in [0.05, 0.1) is 4.88 Å². The summed E-state index contributed by atoms with van der Waals surface area (Å²) in [5, 5.41) is 0.595. The van der Waals surface area contributed by atoms with Crippen molar-refractivity contribution in [3.63, 3.8) is 0 Å².